The lowest BCUT2D eigenvalue weighted by molar-refractivity contribution is -0.129. The van der Waals surface area contributed by atoms with Crippen LogP contribution in [-0.4, -0.2) is 57.4 Å². The summed E-state index contributed by atoms with van der Waals surface area (Å²) in [5.41, 5.74) is 6.84. The fraction of sp³-hybridized carbons (Fsp3) is 0.500. The third-order valence-electron chi connectivity index (χ3n) is 3.13. The van der Waals surface area contributed by atoms with Gasteiger partial charge in [0.1, 0.15) is 5.52 Å². The van der Waals surface area contributed by atoms with Crippen LogP contribution in [0.4, 0.5) is 11.8 Å². The summed E-state index contributed by atoms with van der Waals surface area (Å²) in [5, 5.41) is 0. The first-order chi connectivity index (χ1) is 9.56. The Morgan fingerprint density at radius 3 is 2.70 bits per heavy atom. The van der Waals surface area contributed by atoms with Crippen LogP contribution in [0.15, 0.2) is 6.33 Å². The number of hydrogen-bond acceptors (Lipinski definition) is 6. The summed E-state index contributed by atoms with van der Waals surface area (Å²) in [6, 6.07) is 0. The average Bonchev–Trinajstić information content (AvgIpc) is 2.86. The minimum absolute atomic E-state index is 0.0438. The number of aromatic nitrogens is 4. The molecule has 0 aromatic carbocycles. The van der Waals surface area contributed by atoms with Crippen molar-refractivity contribution in [3.63, 3.8) is 0 Å². The van der Waals surface area contributed by atoms with E-state index in [0.29, 0.717) is 30.1 Å². The molecule has 108 valence electrons. The van der Waals surface area contributed by atoms with E-state index < -0.39 is 0 Å². The SMILES string of the molecule is CCN(CC)C(=O)CN(C)c1nc(N)nc2nc[nH]c12. The van der Waals surface area contributed by atoms with E-state index in [-0.39, 0.29) is 18.4 Å². The highest BCUT2D eigenvalue weighted by Gasteiger charge is 2.17. The number of amides is 1. The van der Waals surface area contributed by atoms with Crippen LogP contribution in [-0.2, 0) is 4.79 Å². The minimum atomic E-state index is 0.0438. The number of nitrogens with one attached hydrogen (secondary N) is 1. The molecular formula is C12H19N7O. The van der Waals surface area contributed by atoms with Gasteiger partial charge in [-0.1, -0.05) is 0 Å². The fourth-order valence-corrected chi connectivity index (χ4v) is 2.06. The number of nitrogen functional groups attached to an aromatic ring is 1. The van der Waals surface area contributed by atoms with Crippen LogP contribution in [0.1, 0.15) is 13.8 Å². The van der Waals surface area contributed by atoms with E-state index in [0.717, 1.165) is 0 Å². The van der Waals surface area contributed by atoms with E-state index in [2.05, 4.69) is 19.9 Å². The lowest BCUT2D eigenvalue weighted by Gasteiger charge is -2.23. The Morgan fingerprint density at radius 1 is 1.35 bits per heavy atom. The molecule has 8 heteroatoms. The van der Waals surface area contributed by atoms with Crippen LogP contribution >= 0.6 is 0 Å². The highest BCUT2D eigenvalue weighted by atomic mass is 16.2. The molecule has 2 aromatic rings. The Morgan fingerprint density at radius 2 is 2.05 bits per heavy atom. The second-order valence-electron chi connectivity index (χ2n) is 4.43. The van der Waals surface area contributed by atoms with Crippen molar-refractivity contribution < 1.29 is 4.79 Å². The summed E-state index contributed by atoms with van der Waals surface area (Å²) in [5.74, 6) is 0.759. The molecule has 8 nitrogen and oxygen atoms in total. The number of fused-ring (bicyclic) bond motifs is 1. The van der Waals surface area contributed by atoms with Gasteiger partial charge in [0, 0.05) is 20.1 Å². The van der Waals surface area contributed by atoms with Crippen LogP contribution in [0.3, 0.4) is 0 Å². The van der Waals surface area contributed by atoms with Crippen molar-refractivity contribution in [3.05, 3.63) is 6.33 Å². The first-order valence-corrected chi connectivity index (χ1v) is 6.52. The van der Waals surface area contributed by atoms with Crippen LogP contribution < -0.4 is 10.6 Å². The van der Waals surface area contributed by atoms with Gasteiger partial charge in [-0.15, -0.1) is 0 Å². The number of hydrogen-bond donors (Lipinski definition) is 2. The third-order valence-corrected chi connectivity index (χ3v) is 3.13. The molecule has 2 aromatic heterocycles. The molecule has 3 N–H and O–H groups in total. The van der Waals surface area contributed by atoms with Crippen LogP contribution in [0, 0.1) is 0 Å². The van der Waals surface area contributed by atoms with E-state index in [4.69, 9.17) is 5.73 Å². The number of aromatic amines is 1. The van der Waals surface area contributed by atoms with Crippen molar-refractivity contribution in [3.8, 4) is 0 Å². The van der Waals surface area contributed by atoms with Gasteiger partial charge >= 0.3 is 0 Å². The zero-order valence-corrected chi connectivity index (χ0v) is 11.9. The molecule has 0 fully saturated rings. The molecule has 20 heavy (non-hydrogen) atoms. The van der Waals surface area contributed by atoms with E-state index in [1.807, 2.05) is 13.8 Å². The van der Waals surface area contributed by atoms with Crippen molar-refractivity contribution in [2.45, 2.75) is 13.8 Å². The van der Waals surface area contributed by atoms with E-state index >= 15 is 0 Å². The van der Waals surface area contributed by atoms with Gasteiger partial charge in [0.15, 0.2) is 11.5 Å². The summed E-state index contributed by atoms with van der Waals surface area (Å²) in [6.07, 6.45) is 1.53. The molecule has 0 aliphatic carbocycles. The molecule has 0 saturated heterocycles. The van der Waals surface area contributed by atoms with E-state index in [1.165, 1.54) is 6.33 Å². The molecule has 2 heterocycles. The van der Waals surface area contributed by atoms with Gasteiger partial charge in [-0.25, -0.2) is 4.98 Å². The maximum absolute atomic E-state index is 12.1. The number of carbonyl (C=O) groups is 1. The van der Waals surface area contributed by atoms with Crippen molar-refractivity contribution in [2.24, 2.45) is 0 Å². The highest BCUT2D eigenvalue weighted by molar-refractivity contribution is 5.87. The molecule has 0 radical (unpaired) electrons. The van der Waals surface area contributed by atoms with Crippen molar-refractivity contribution in [1.82, 2.24) is 24.8 Å². The number of likely N-dealkylation sites (N-methyl/N-ethyl adjacent to an activating group) is 2. The highest BCUT2D eigenvalue weighted by Crippen LogP contribution is 2.20. The second-order valence-corrected chi connectivity index (χ2v) is 4.43. The summed E-state index contributed by atoms with van der Waals surface area (Å²) in [4.78, 5) is 30.9. The van der Waals surface area contributed by atoms with Gasteiger partial charge in [-0.05, 0) is 13.8 Å². The Labute approximate surface area is 117 Å². The fourth-order valence-electron chi connectivity index (χ4n) is 2.06. The maximum Gasteiger partial charge on any atom is 0.242 e. The molecule has 0 bridgehead atoms. The monoisotopic (exact) mass is 277 g/mol. The number of rotatable bonds is 5. The molecule has 0 atom stereocenters. The molecule has 2 rings (SSSR count). The lowest BCUT2D eigenvalue weighted by atomic mass is 10.4. The molecule has 1 amide bonds. The van der Waals surface area contributed by atoms with Crippen molar-refractivity contribution in [1.29, 1.82) is 0 Å². The molecular weight excluding hydrogens is 258 g/mol. The third kappa shape index (κ3) is 2.63. The van der Waals surface area contributed by atoms with Crippen LogP contribution in [0.2, 0.25) is 0 Å². The first kappa shape index (κ1) is 14.0. The zero-order chi connectivity index (χ0) is 14.7. The number of nitrogens with zero attached hydrogens (tertiary/aromatic N) is 5. The normalized spacial score (nSPS) is 10.8. The Balaban J connectivity index is 2.25. The van der Waals surface area contributed by atoms with Crippen molar-refractivity contribution >= 4 is 28.8 Å². The number of carbonyl (C=O) groups excluding carboxylic acids is 1. The predicted octanol–water partition coefficient (Wildman–Crippen LogP) is 0.240. The Kier molecular flexibility index (Phi) is 4.02. The van der Waals surface area contributed by atoms with Gasteiger partial charge in [0.25, 0.3) is 0 Å². The summed E-state index contributed by atoms with van der Waals surface area (Å²) >= 11 is 0. The standard InChI is InChI=1S/C12H19N7O/c1-4-19(5-2)8(20)6-18(3)11-9-10(15-7-14-9)16-12(13)17-11/h7H,4-6H2,1-3H3,(H3,13,14,15,16,17). The van der Waals surface area contributed by atoms with Crippen LogP contribution in [0.25, 0.3) is 11.2 Å². The van der Waals surface area contributed by atoms with Gasteiger partial charge in [0.05, 0.1) is 12.9 Å². The first-order valence-electron chi connectivity index (χ1n) is 6.52. The molecule has 0 unspecified atom stereocenters. The summed E-state index contributed by atoms with van der Waals surface area (Å²) in [6.45, 7) is 5.52. The Bertz CT molecular complexity index is 605. The van der Waals surface area contributed by atoms with Gasteiger partial charge in [0.2, 0.25) is 11.9 Å². The number of imidazole rings is 1. The number of H-pyrrole nitrogens is 1. The lowest BCUT2D eigenvalue weighted by Crippen LogP contribution is -2.39. The smallest absolute Gasteiger partial charge is 0.242 e. The molecule has 0 saturated carbocycles. The van der Waals surface area contributed by atoms with Crippen LogP contribution in [0.5, 0.6) is 0 Å². The predicted molar refractivity (Wildman–Crippen MR) is 77.3 cm³/mol. The van der Waals surface area contributed by atoms with E-state index in [9.17, 15) is 4.79 Å². The average molecular weight is 277 g/mol. The topological polar surface area (TPSA) is 104 Å². The van der Waals surface area contributed by atoms with Crippen molar-refractivity contribution in [2.75, 3.05) is 37.3 Å². The maximum atomic E-state index is 12.1. The zero-order valence-electron chi connectivity index (χ0n) is 11.9. The van der Waals surface area contributed by atoms with Gasteiger partial charge in [-0.2, -0.15) is 9.97 Å². The summed E-state index contributed by atoms with van der Waals surface area (Å²) in [7, 11) is 1.80. The van der Waals surface area contributed by atoms with Gasteiger partial charge < -0.3 is 20.5 Å². The van der Waals surface area contributed by atoms with Gasteiger partial charge in [-0.3, -0.25) is 4.79 Å². The second kappa shape index (κ2) is 5.72. The molecule has 0 aliphatic rings. The molecule has 0 spiro atoms. The largest absolute Gasteiger partial charge is 0.368 e. The number of nitrogens with two attached hydrogens (primary N) is 1. The quantitative estimate of drug-likeness (QED) is 0.811. The van der Waals surface area contributed by atoms with E-state index in [1.54, 1.807) is 16.8 Å². The number of anilines is 2. The summed E-state index contributed by atoms with van der Waals surface area (Å²) < 4.78 is 0. The molecule has 0 aliphatic heterocycles. The Hall–Kier alpha value is -2.38. The minimum Gasteiger partial charge on any atom is -0.368 e.